The maximum atomic E-state index is 13.5. The lowest BCUT2D eigenvalue weighted by molar-refractivity contribution is 0.102. The normalized spacial score (nSPS) is 14.9. The molecule has 0 spiro atoms. The molecule has 1 N–H and O–H groups in total. The van der Waals surface area contributed by atoms with Crippen molar-refractivity contribution >= 4 is 33.1 Å². The lowest BCUT2D eigenvalue weighted by Crippen LogP contribution is -2.28. The number of aryl methyl sites for hydroxylation is 1. The van der Waals surface area contributed by atoms with Crippen LogP contribution in [0.2, 0.25) is 0 Å². The number of amides is 1. The van der Waals surface area contributed by atoms with Gasteiger partial charge in [0.15, 0.2) is 11.5 Å². The van der Waals surface area contributed by atoms with E-state index in [4.69, 9.17) is 14.2 Å². The lowest BCUT2D eigenvalue weighted by Gasteiger charge is -2.29. The molecule has 8 nitrogen and oxygen atoms in total. The van der Waals surface area contributed by atoms with E-state index in [2.05, 4.69) is 22.4 Å². The quantitative estimate of drug-likeness (QED) is 0.471. The van der Waals surface area contributed by atoms with Gasteiger partial charge in [-0.15, -0.1) is 11.3 Å². The van der Waals surface area contributed by atoms with Gasteiger partial charge in [0.2, 0.25) is 12.5 Å². The Kier molecular flexibility index (Phi) is 4.96. The van der Waals surface area contributed by atoms with Gasteiger partial charge in [-0.25, -0.2) is 4.68 Å². The smallest absolute Gasteiger partial charge is 0.265 e. The molecule has 34 heavy (non-hydrogen) atoms. The second-order valence-electron chi connectivity index (χ2n) is 8.53. The number of aromatic nitrogens is 2. The molecule has 0 unspecified atom stereocenters. The maximum absolute atomic E-state index is 13.5. The first-order chi connectivity index (χ1) is 16.5. The van der Waals surface area contributed by atoms with Gasteiger partial charge in [-0.3, -0.25) is 4.79 Å². The molecule has 0 saturated heterocycles. The van der Waals surface area contributed by atoms with Gasteiger partial charge in [-0.2, -0.15) is 5.10 Å². The summed E-state index contributed by atoms with van der Waals surface area (Å²) in [4.78, 5) is 17.3. The van der Waals surface area contributed by atoms with E-state index < -0.39 is 0 Å². The summed E-state index contributed by atoms with van der Waals surface area (Å²) in [5, 5.41) is 8.80. The van der Waals surface area contributed by atoms with Crippen LogP contribution in [0, 0.1) is 6.92 Å². The summed E-state index contributed by atoms with van der Waals surface area (Å²) in [6, 6.07) is 11.9. The van der Waals surface area contributed by atoms with Crippen molar-refractivity contribution in [2.24, 2.45) is 0 Å². The van der Waals surface area contributed by atoms with Gasteiger partial charge in [0, 0.05) is 24.0 Å². The van der Waals surface area contributed by atoms with Gasteiger partial charge in [-0.1, -0.05) is 18.2 Å². The molecule has 0 radical (unpaired) electrons. The number of carbonyl (C=O) groups excluding carboxylic acids is 1. The van der Waals surface area contributed by atoms with Crippen LogP contribution in [0.4, 0.5) is 5.69 Å². The summed E-state index contributed by atoms with van der Waals surface area (Å²) < 4.78 is 19.1. The van der Waals surface area contributed by atoms with Gasteiger partial charge in [0.05, 0.1) is 29.1 Å². The highest BCUT2D eigenvalue weighted by Crippen LogP contribution is 2.52. The Morgan fingerprint density at radius 3 is 2.76 bits per heavy atom. The van der Waals surface area contributed by atoms with Crippen molar-refractivity contribution in [3.05, 3.63) is 58.1 Å². The zero-order valence-electron chi connectivity index (χ0n) is 19.2. The molecule has 4 heterocycles. The molecule has 2 aliphatic rings. The Morgan fingerprint density at radius 2 is 1.97 bits per heavy atom. The SMILES string of the molecule is COc1c2c(c(NC(=O)c3cc4c(C)nn(-c5ccccc5)c4s3)c3c1OCO3)CCN(C)C2. The third kappa shape index (κ3) is 3.23. The number of rotatable bonds is 4. The van der Waals surface area contributed by atoms with E-state index in [9.17, 15) is 4.79 Å². The molecule has 9 heteroatoms. The number of methoxy groups -OCH3 is 1. The molecule has 0 atom stereocenters. The molecule has 0 fully saturated rings. The Balaban J connectivity index is 1.41. The molecule has 0 saturated carbocycles. The first kappa shape index (κ1) is 21.0. The van der Waals surface area contributed by atoms with Crippen LogP contribution in [0.15, 0.2) is 36.4 Å². The Hall–Kier alpha value is -3.56. The third-order valence-electron chi connectivity index (χ3n) is 6.37. The van der Waals surface area contributed by atoms with E-state index >= 15 is 0 Å². The zero-order chi connectivity index (χ0) is 23.4. The number of likely N-dealkylation sites (N-methyl/N-ethyl adjacent to an activating group) is 1. The van der Waals surface area contributed by atoms with Crippen molar-refractivity contribution in [3.8, 4) is 22.9 Å². The number of hydrogen-bond acceptors (Lipinski definition) is 7. The zero-order valence-corrected chi connectivity index (χ0v) is 20.0. The van der Waals surface area contributed by atoms with E-state index in [1.165, 1.54) is 11.3 Å². The van der Waals surface area contributed by atoms with Crippen molar-refractivity contribution in [3.63, 3.8) is 0 Å². The first-order valence-corrected chi connectivity index (χ1v) is 11.9. The molecule has 2 aromatic heterocycles. The van der Waals surface area contributed by atoms with Crippen LogP contribution in [-0.4, -0.2) is 48.1 Å². The van der Waals surface area contributed by atoms with Crippen LogP contribution < -0.4 is 19.5 Å². The average Bonchev–Trinajstić information content (AvgIpc) is 3.56. The number of para-hydroxylation sites is 1. The van der Waals surface area contributed by atoms with Gasteiger partial charge < -0.3 is 24.4 Å². The number of anilines is 1. The fourth-order valence-corrected chi connectivity index (χ4v) is 5.79. The van der Waals surface area contributed by atoms with Gasteiger partial charge in [-0.05, 0) is 44.2 Å². The maximum Gasteiger partial charge on any atom is 0.265 e. The predicted octanol–water partition coefficient (Wildman–Crippen LogP) is 4.37. The number of nitrogens with one attached hydrogen (secondary N) is 1. The van der Waals surface area contributed by atoms with Gasteiger partial charge in [0.1, 0.15) is 4.83 Å². The summed E-state index contributed by atoms with van der Waals surface area (Å²) in [6.07, 6.45) is 0.781. The second kappa shape index (κ2) is 8.03. The molecular weight excluding hydrogens is 452 g/mol. The van der Waals surface area contributed by atoms with Crippen LogP contribution in [-0.2, 0) is 13.0 Å². The first-order valence-electron chi connectivity index (χ1n) is 11.1. The summed E-state index contributed by atoms with van der Waals surface area (Å²) in [5.41, 5.74) is 4.60. The van der Waals surface area contributed by atoms with E-state index in [0.717, 1.165) is 45.7 Å². The second-order valence-corrected chi connectivity index (χ2v) is 9.56. The Bertz CT molecular complexity index is 1430. The van der Waals surface area contributed by atoms with Crippen LogP contribution in [0.1, 0.15) is 26.5 Å². The number of hydrogen-bond donors (Lipinski definition) is 1. The number of nitrogens with zero attached hydrogens (tertiary/aromatic N) is 3. The van der Waals surface area contributed by atoms with E-state index in [-0.39, 0.29) is 12.7 Å². The highest BCUT2D eigenvalue weighted by molar-refractivity contribution is 7.20. The fourth-order valence-electron chi connectivity index (χ4n) is 4.72. The molecule has 1 amide bonds. The van der Waals surface area contributed by atoms with Crippen molar-refractivity contribution in [2.75, 3.05) is 32.8 Å². The Morgan fingerprint density at radius 1 is 1.18 bits per heavy atom. The number of carbonyl (C=O) groups is 1. The average molecular weight is 477 g/mol. The summed E-state index contributed by atoms with van der Waals surface area (Å²) in [5.74, 6) is 1.61. The summed E-state index contributed by atoms with van der Waals surface area (Å²) in [7, 11) is 3.71. The van der Waals surface area contributed by atoms with E-state index in [1.54, 1.807) is 7.11 Å². The van der Waals surface area contributed by atoms with Crippen molar-refractivity contribution in [2.45, 2.75) is 19.9 Å². The minimum absolute atomic E-state index is 0.0995. The highest BCUT2D eigenvalue weighted by atomic mass is 32.1. The number of fused-ring (bicyclic) bond motifs is 3. The molecule has 0 aliphatic carbocycles. The van der Waals surface area contributed by atoms with Gasteiger partial charge in [0.25, 0.3) is 5.91 Å². The van der Waals surface area contributed by atoms with Crippen LogP contribution in [0.25, 0.3) is 15.9 Å². The largest absolute Gasteiger partial charge is 0.492 e. The van der Waals surface area contributed by atoms with Crippen molar-refractivity contribution < 1.29 is 19.0 Å². The molecule has 2 aliphatic heterocycles. The minimum atomic E-state index is -0.177. The highest BCUT2D eigenvalue weighted by Gasteiger charge is 2.33. The summed E-state index contributed by atoms with van der Waals surface area (Å²) >= 11 is 1.43. The monoisotopic (exact) mass is 476 g/mol. The number of ether oxygens (including phenoxy) is 3. The van der Waals surface area contributed by atoms with Crippen LogP contribution >= 0.6 is 11.3 Å². The van der Waals surface area contributed by atoms with E-state index in [0.29, 0.717) is 34.4 Å². The molecule has 4 aromatic rings. The summed E-state index contributed by atoms with van der Waals surface area (Å²) in [6.45, 7) is 3.66. The standard InChI is InChI=1S/C25H24N4O4S/c1-14-17-11-19(34-25(17)29(27-14)15-7-5-4-6-8-15)24(30)26-20-16-9-10-28(2)12-18(16)21(31-3)23-22(20)32-13-33-23/h4-8,11H,9-10,12-13H2,1-3H3,(H,26,30). The number of thiophene rings is 1. The topological polar surface area (TPSA) is 77.8 Å². The molecule has 6 rings (SSSR count). The van der Waals surface area contributed by atoms with Crippen LogP contribution in [0.5, 0.6) is 17.2 Å². The lowest BCUT2D eigenvalue weighted by atomic mass is 9.95. The minimum Gasteiger partial charge on any atom is -0.492 e. The predicted molar refractivity (Wildman–Crippen MR) is 131 cm³/mol. The molecule has 2 aromatic carbocycles. The fraction of sp³-hybridized carbons (Fsp3) is 0.280. The number of benzene rings is 2. The molecule has 174 valence electrons. The van der Waals surface area contributed by atoms with Crippen LogP contribution in [0.3, 0.4) is 0 Å². The van der Waals surface area contributed by atoms with Gasteiger partial charge >= 0.3 is 0 Å². The van der Waals surface area contributed by atoms with Crippen molar-refractivity contribution in [1.29, 1.82) is 0 Å². The van der Waals surface area contributed by atoms with Crippen molar-refractivity contribution in [1.82, 2.24) is 14.7 Å². The third-order valence-corrected chi connectivity index (χ3v) is 7.48. The van der Waals surface area contributed by atoms with E-state index in [1.807, 2.05) is 48.0 Å². The Labute approximate surface area is 200 Å². The molecular formula is C25H24N4O4S. The molecule has 0 bridgehead atoms.